The first-order chi connectivity index (χ1) is 14.6. The summed E-state index contributed by atoms with van der Waals surface area (Å²) in [7, 11) is 0. The number of rotatable bonds is 5. The Morgan fingerprint density at radius 3 is 2.35 bits per heavy atom. The molecule has 178 valence electrons. The van der Waals surface area contributed by atoms with Crippen molar-refractivity contribution in [3.63, 3.8) is 0 Å². The molecule has 0 aromatic heterocycles. The second-order valence-electron chi connectivity index (χ2n) is 10.8. The average molecular weight is 433 g/mol. The van der Waals surface area contributed by atoms with Gasteiger partial charge in [0.1, 0.15) is 0 Å². The molecule has 0 aromatic rings. The quantitative estimate of drug-likeness (QED) is 0.444. The van der Waals surface area contributed by atoms with Crippen LogP contribution in [0.4, 0.5) is 0 Å². The maximum Gasteiger partial charge on any atom is 0.0651 e. The molecule has 3 heteroatoms. The number of hydrogen-bond donors (Lipinski definition) is 3. The maximum absolute atomic E-state index is 10.2. The van der Waals surface area contributed by atoms with E-state index in [2.05, 4.69) is 38.2 Å². The van der Waals surface area contributed by atoms with Crippen molar-refractivity contribution < 1.29 is 15.3 Å². The lowest BCUT2D eigenvalue weighted by molar-refractivity contribution is 0.0438. The van der Waals surface area contributed by atoms with Gasteiger partial charge in [-0.1, -0.05) is 63.1 Å². The fraction of sp³-hybridized carbons (Fsp3) is 0.786. The van der Waals surface area contributed by atoms with Crippen molar-refractivity contribution >= 4 is 0 Å². The molecular weight excluding hydrogens is 384 g/mol. The molecule has 3 nitrogen and oxygen atoms in total. The van der Waals surface area contributed by atoms with Gasteiger partial charge in [-0.25, -0.2) is 0 Å². The smallest absolute Gasteiger partial charge is 0.0651 e. The Kier molecular flexibility index (Phi) is 9.60. The van der Waals surface area contributed by atoms with Crippen molar-refractivity contribution in [2.75, 3.05) is 0 Å². The molecule has 0 heterocycles. The van der Waals surface area contributed by atoms with Crippen LogP contribution in [-0.4, -0.2) is 33.1 Å². The monoisotopic (exact) mass is 432 g/mol. The Hall–Kier alpha value is -0.900. The van der Waals surface area contributed by atoms with E-state index in [4.69, 9.17) is 0 Å². The fourth-order valence-electron chi connectivity index (χ4n) is 5.95. The number of hydrogen-bond acceptors (Lipinski definition) is 3. The van der Waals surface area contributed by atoms with E-state index in [0.717, 1.165) is 6.42 Å². The minimum absolute atomic E-state index is 0.169. The van der Waals surface area contributed by atoms with E-state index >= 15 is 0 Å². The third-order valence-electron chi connectivity index (χ3n) is 8.19. The summed E-state index contributed by atoms with van der Waals surface area (Å²) in [5.74, 6) is 1.55. The summed E-state index contributed by atoms with van der Waals surface area (Å²) < 4.78 is 0. The molecule has 31 heavy (non-hydrogen) atoms. The molecule has 6 atom stereocenters. The van der Waals surface area contributed by atoms with Crippen molar-refractivity contribution in [3.8, 4) is 0 Å². The molecule has 3 aliphatic rings. The van der Waals surface area contributed by atoms with Crippen LogP contribution < -0.4 is 0 Å². The third kappa shape index (κ3) is 6.79. The van der Waals surface area contributed by atoms with Crippen LogP contribution in [0.2, 0.25) is 0 Å². The van der Waals surface area contributed by atoms with Crippen LogP contribution in [0.15, 0.2) is 35.5 Å². The topological polar surface area (TPSA) is 60.7 Å². The first-order valence-electron chi connectivity index (χ1n) is 12.7. The second-order valence-corrected chi connectivity index (χ2v) is 10.8. The van der Waals surface area contributed by atoms with Crippen molar-refractivity contribution in [2.45, 2.75) is 117 Å². The molecule has 3 saturated carbocycles. The average Bonchev–Trinajstić information content (AvgIpc) is 3.03. The van der Waals surface area contributed by atoms with Crippen molar-refractivity contribution in [1.82, 2.24) is 0 Å². The van der Waals surface area contributed by atoms with Crippen LogP contribution in [0.1, 0.15) is 99.3 Å². The van der Waals surface area contributed by atoms with Gasteiger partial charge in [-0.2, -0.15) is 0 Å². The highest BCUT2D eigenvalue weighted by molar-refractivity contribution is 5.26. The molecule has 0 spiro atoms. The lowest BCUT2D eigenvalue weighted by Gasteiger charge is -2.42. The number of fused-ring (bicyclic) bond motifs is 1. The van der Waals surface area contributed by atoms with E-state index in [0.29, 0.717) is 36.5 Å². The van der Waals surface area contributed by atoms with Gasteiger partial charge in [0.15, 0.2) is 0 Å². The molecule has 3 aliphatic carbocycles. The Morgan fingerprint density at radius 2 is 1.74 bits per heavy atom. The van der Waals surface area contributed by atoms with E-state index in [1.54, 1.807) is 5.57 Å². The largest absolute Gasteiger partial charge is 0.393 e. The molecule has 0 unspecified atom stereocenters. The molecule has 3 fully saturated rings. The summed E-state index contributed by atoms with van der Waals surface area (Å²) >= 11 is 0. The summed E-state index contributed by atoms with van der Waals surface area (Å²) in [4.78, 5) is 0. The van der Waals surface area contributed by atoms with E-state index in [1.165, 1.54) is 37.7 Å². The SMILES string of the molecule is CC.C[C@@H](/C=C/C[C@H]1CC[C@H]2/C(=C/C=C3C[C@@H](O)C[C@H](O)C3)CCC[C@]12C)C(C)(C)O. The molecule has 3 rings (SSSR count). The van der Waals surface area contributed by atoms with Crippen LogP contribution in [0.25, 0.3) is 0 Å². The summed E-state index contributed by atoms with van der Waals surface area (Å²) in [6, 6.07) is 0. The van der Waals surface area contributed by atoms with E-state index in [1.807, 2.05) is 27.7 Å². The molecule has 0 aliphatic heterocycles. The zero-order chi connectivity index (χ0) is 23.2. The molecule has 0 amide bonds. The Bertz CT molecular complexity index is 642. The van der Waals surface area contributed by atoms with Gasteiger partial charge in [0.25, 0.3) is 0 Å². The van der Waals surface area contributed by atoms with Gasteiger partial charge in [0.05, 0.1) is 17.8 Å². The zero-order valence-electron chi connectivity index (χ0n) is 20.9. The molecular formula is C28H48O3. The van der Waals surface area contributed by atoms with Crippen LogP contribution in [0.3, 0.4) is 0 Å². The molecule has 0 bridgehead atoms. The van der Waals surface area contributed by atoms with E-state index in [9.17, 15) is 15.3 Å². The highest BCUT2D eigenvalue weighted by atomic mass is 16.3. The minimum atomic E-state index is -0.660. The van der Waals surface area contributed by atoms with Crippen molar-refractivity contribution in [2.24, 2.45) is 23.2 Å². The number of allylic oxidation sites excluding steroid dienone is 4. The first-order valence-corrected chi connectivity index (χ1v) is 12.7. The minimum Gasteiger partial charge on any atom is -0.393 e. The molecule has 0 aromatic carbocycles. The Balaban J connectivity index is 0.00000166. The Morgan fingerprint density at radius 1 is 1.10 bits per heavy atom. The number of aliphatic hydroxyl groups is 3. The number of aliphatic hydroxyl groups excluding tert-OH is 2. The summed E-state index contributed by atoms with van der Waals surface area (Å²) in [5, 5.41) is 30.0. The molecule has 0 radical (unpaired) electrons. The van der Waals surface area contributed by atoms with Gasteiger partial charge in [-0.05, 0) is 88.9 Å². The van der Waals surface area contributed by atoms with Gasteiger partial charge in [-0.3, -0.25) is 0 Å². The molecule has 0 saturated heterocycles. The first kappa shape index (κ1) is 26.4. The van der Waals surface area contributed by atoms with Gasteiger partial charge in [-0.15, -0.1) is 0 Å². The second kappa shape index (κ2) is 11.3. The fourth-order valence-corrected chi connectivity index (χ4v) is 5.95. The maximum atomic E-state index is 10.2. The lowest BCUT2D eigenvalue weighted by atomic mass is 9.63. The highest BCUT2D eigenvalue weighted by Gasteiger charge is 2.48. The van der Waals surface area contributed by atoms with Crippen LogP contribution >= 0.6 is 0 Å². The van der Waals surface area contributed by atoms with Crippen molar-refractivity contribution in [1.29, 1.82) is 0 Å². The lowest BCUT2D eigenvalue weighted by Crippen LogP contribution is -2.33. The normalized spacial score (nSPS) is 36.2. The van der Waals surface area contributed by atoms with Gasteiger partial charge < -0.3 is 15.3 Å². The van der Waals surface area contributed by atoms with Crippen LogP contribution in [0.5, 0.6) is 0 Å². The predicted octanol–water partition coefficient (Wildman–Crippen LogP) is 6.34. The Labute approximate surface area is 191 Å². The van der Waals surface area contributed by atoms with Gasteiger partial charge in [0, 0.05) is 5.92 Å². The van der Waals surface area contributed by atoms with Gasteiger partial charge >= 0.3 is 0 Å². The third-order valence-corrected chi connectivity index (χ3v) is 8.19. The van der Waals surface area contributed by atoms with Crippen LogP contribution in [-0.2, 0) is 0 Å². The van der Waals surface area contributed by atoms with Crippen LogP contribution in [0, 0.1) is 23.2 Å². The standard InChI is InChI=1S/C26H42O3.C2H6/c1-18(25(2,3)29)7-5-9-21-12-13-24-20(8-6-14-26(21,24)4)11-10-19-15-22(27)17-23(28)16-19;1-2/h5,7,10-11,18,21-24,27-29H,6,8-9,12-17H2,1-4H3;1-2H3/b7-5+,20-11+;/t18-,21-,22+,23+,24-,26+;/m0./s1. The molecule has 3 N–H and O–H groups in total. The zero-order valence-corrected chi connectivity index (χ0v) is 20.9. The van der Waals surface area contributed by atoms with Crippen molar-refractivity contribution in [3.05, 3.63) is 35.5 Å². The summed E-state index contributed by atoms with van der Waals surface area (Å²) in [5.41, 5.74) is 2.48. The predicted molar refractivity (Wildman–Crippen MR) is 131 cm³/mol. The summed E-state index contributed by atoms with van der Waals surface area (Å²) in [6.45, 7) is 12.3. The summed E-state index contributed by atoms with van der Waals surface area (Å²) in [6.07, 6.45) is 17.6. The van der Waals surface area contributed by atoms with E-state index in [-0.39, 0.29) is 5.92 Å². The van der Waals surface area contributed by atoms with Gasteiger partial charge in [0.2, 0.25) is 0 Å². The highest BCUT2D eigenvalue weighted by Crippen LogP contribution is 2.58. The van der Waals surface area contributed by atoms with E-state index < -0.39 is 17.8 Å².